The number of nitrogens with one attached hydrogen (secondary N) is 1. The highest BCUT2D eigenvalue weighted by Crippen LogP contribution is 2.39. The zero-order valence-corrected chi connectivity index (χ0v) is 19.9. The number of allylic oxidation sites excluding steroid dienone is 1. The van der Waals surface area contributed by atoms with E-state index in [1.807, 2.05) is 6.92 Å². The molecule has 32 heavy (non-hydrogen) atoms. The van der Waals surface area contributed by atoms with Crippen LogP contribution in [0, 0.1) is 0 Å². The Labute approximate surface area is 195 Å². The SMILES string of the molecule is C=CCn1c(N)cc(=O)nc1S[C@@H](CC)C(=O)Nc1sc2c(c1C(=O)OCC)CCCC2. The first-order valence-electron chi connectivity index (χ1n) is 10.7. The molecule has 0 saturated carbocycles. The van der Waals surface area contributed by atoms with Crippen molar-refractivity contribution in [3.05, 3.63) is 45.1 Å². The number of esters is 1. The number of thioether (sulfide) groups is 1. The van der Waals surface area contributed by atoms with Crippen LogP contribution in [0.4, 0.5) is 10.8 Å². The molecule has 0 unspecified atom stereocenters. The maximum atomic E-state index is 13.2. The van der Waals surface area contributed by atoms with Crippen molar-refractivity contribution >= 4 is 45.8 Å². The van der Waals surface area contributed by atoms with Gasteiger partial charge in [-0.25, -0.2) is 4.79 Å². The minimum absolute atomic E-state index is 0.261. The molecule has 172 valence electrons. The molecule has 0 fully saturated rings. The number of carbonyl (C=O) groups is 2. The molecule has 10 heteroatoms. The summed E-state index contributed by atoms with van der Waals surface area (Å²) in [4.78, 5) is 42.9. The third-order valence-electron chi connectivity index (χ3n) is 5.13. The summed E-state index contributed by atoms with van der Waals surface area (Å²) in [7, 11) is 0. The largest absolute Gasteiger partial charge is 0.462 e. The van der Waals surface area contributed by atoms with Crippen molar-refractivity contribution in [2.45, 2.75) is 62.9 Å². The Morgan fingerprint density at radius 2 is 2.16 bits per heavy atom. The fraction of sp³-hybridized carbons (Fsp3) is 0.455. The van der Waals surface area contributed by atoms with E-state index in [0.717, 1.165) is 36.1 Å². The van der Waals surface area contributed by atoms with Crippen molar-refractivity contribution in [2.24, 2.45) is 0 Å². The predicted octanol–water partition coefficient (Wildman–Crippen LogP) is 3.64. The van der Waals surface area contributed by atoms with Crippen molar-refractivity contribution < 1.29 is 14.3 Å². The Hall–Kier alpha value is -2.59. The van der Waals surface area contributed by atoms with Crippen LogP contribution in [-0.4, -0.2) is 33.3 Å². The summed E-state index contributed by atoms with van der Waals surface area (Å²) >= 11 is 2.62. The molecular formula is C22H28N4O4S2. The summed E-state index contributed by atoms with van der Waals surface area (Å²) in [6.07, 6.45) is 5.93. The molecule has 1 aliphatic rings. The summed E-state index contributed by atoms with van der Waals surface area (Å²) in [5.74, 6) is -0.401. The van der Waals surface area contributed by atoms with E-state index in [9.17, 15) is 14.4 Å². The van der Waals surface area contributed by atoms with E-state index < -0.39 is 16.8 Å². The summed E-state index contributed by atoms with van der Waals surface area (Å²) < 4.78 is 6.91. The lowest BCUT2D eigenvalue weighted by Crippen LogP contribution is -2.27. The van der Waals surface area contributed by atoms with Gasteiger partial charge >= 0.3 is 5.97 Å². The molecule has 0 spiro atoms. The molecule has 2 aromatic rings. The van der Waals surface area contributed by atoms with Crippen molar-refractivity contribution in [3.8, 4) is 0 Å². The number of ether oxygens (including phenoxy) is 1. The molecule has 1 amide bonds. The maximum Gasteiger partial charge on any atom is 0.341 e. The highest BCUT2D eigenvalue weighted by Gasteiger charge is 2.29. The topological polar surface area (TPSA) is 116 Å². The summed E-state index contributed by atoms with van der Waals surface area (Å²) in [6.45, 7) is 7.99. The second-order valence-electron chi connectivity index (χ2n) is 7.34. The Kier molecular flexibility index (Phi) is 8.14. The van der Waals surface area contributed by atoms with E-state index in [-0.39, 0.29) is 18.3 Å². The average molecular weight is 477 g/mol. The normalized spacial score (nSPS) is 13.8. The monoisotopic (exact) mass is 476 g/mol. The van der Waals surface area contributed by atoms with Crippen LogP contribution in [-0.2, 0) is 28.9 Å². The van der Waals surface area contributed by atoms with E-state index in [1.54, 1.807) is 17.6 Å². The van der Waals surface area contributed by atoms with Gasteiger partial charge in [-0.15, -0.1) is 17.9 Å². The quantitative estimate of drug-likeness (QED) is 0.246. The first-order chi connectivity index (χ1) is 15.4. The van der Waals surface area contributed by atoms with Crippen molar-refractivity contribution in [1.82, 2.24) is 9.55 Å². The number of hydrogen-bond donors (Lipinski definition) is 2. The van der Waals surface area contributed by atoms with Crippen LogP contribution >= 0.6 is 23.1 Å². The van der Waals surface area contributed by atoms with Gasteiger partial charge in [-0.2, -0.15) is 4.98 Å². The lowest BCUT2D eigenvalue weighted by atomic mass is 9.95. The molecule has 0 radical (unpaired) electrons. The smallest absolute Gasteiger partial charge is 0.341 e. The van der Waals surface area contributed by atoms with Crippen LogP contribution in [0.15, 0.2) is 28.7 Å². The molecule has 0 saturated heterocycles. The van der Waals surface area contributed by atoms with Gasteiger partial charge in [0.05, 0.1) is 17.4 Å². The van der Waals surface area contributed by atoms with Gasteiger partial charge < -0.3 is 20.4 Å². The Bertz CT molecular complexity index is 1080. The lowest BCUT2D eigenvalue weighted by molar-refractivity contribution is -0.115. The van der Waals surface area contributed by atoms with E-state index in [0.29, 0.717) is 28.7 Å². The van der Waals surface area contributed by atoms with Gasteiger partial charge in [0.25, 0.3) is 5.56 Å². The molecule has 0 bridgehead atoms. The Balaban J connectivity index is 1.88. The number of aryl methyl sites for hydroxylation is 1. The number of nitrogens with two attached hydrogens (primary N) is 1. The first kappa shape index (κ1) is 24.1. The summed E-state index contributed by atoms with van der Waals surface area (Å²) in [6, 6.07) is 1.25. The average Bonchev–Trinajstić information content (AvgIpc) is 3.12. The number of thiophene rings is 1. The molecule has 8 nitrogen and oxygen atoms in total. The van der Waals surface area contributed by atoms with Crippen LogP contribution in [0.1, 0.15) is 53.9 Å². The third kappa shape index (κ3) is 5.24. The van der Waals surface area contributed by atoms with Crippen LogP contribution in [0.2, 0.25) is 0 Å². The number of carbonyl (C=O) groups excluding carboxylic acids is 2. The molecule has 2 heterocycles. The van der Waals surface area contributed by atoms with Crippen molar-refractivity contribution in [2.75, 3.05) is 17.7 Å². The highest BCUT2D eigenvalue weighted by atomic mass is 32.2. The molecule has 1 atom stereocenters. The number of fused-ring (bicyclic) bond motifs is 1. The number of anilines is 2. The highest BCUT2D eigenvalue weighted by molar-refractivity contribution is 8.00. The van der Waals surface area contributed by atoms with Crippen molar-refractivity contribution in [1.29, 1.82) is 0 Å². The van der Waals surface area contributed by atoms with E-state index in [1.165, 1.54) is 29.2 Å². The molecule has 1 aliphatic carbocycles. The summed E-state index contributed by atoms with van der Waals surface area (Å²) in [5, 5.41) is 3.30. The zero-order chi connectivity index (χ0) is 23.3. The second-order valence-corrected chi connectivity index (χ2v) is 9.62. The molecule has 2 aromatic heterocycles. The summed E-state index contributed by atoms with van der Waals surface area (Å²) in [5.41, 5.74) is 6.98. The van der Waals surface area contributed by atoms with Gasteiger partial charge in [-0.1, -0.05) is 24.8 Å². The minimum atomic E-state index is -0.533. The van der Waals surface area contributed by atoms with Crippen molar-refractivity contribution in [3.63, 3.8) is 0 Å². The molecule has 0 aliphatic heterocycles. The fourth-order valence-electron chi connectivity index (χ4n) is 3.62. The van der Waals surface area contributed by atoms with Crippen LogP contribution in [0.5, 0.6) is 0 Å². The van der Waals surface area contributed by atoms with Crippen LogP contribution in [0.3, 0.4) is 0 Å². The van der Waals surface area contributed by atoms with Gasteiger partial charge in [0, 0.05) is 17.5 Å². The molecule has 3 N–H and O–H groups in total. The lowest BCUT2D eigenvalue weighted by Gasteiger charge is -2.18. The number of aromatic nitrogens is 2. The number of amides is 1. The predicted molar refractivity (Wildman–Crippen MR) is 129 cm³/mol. The third-order valence-corrected chi connectivity index (χ3v) is 7.69. The minimum Gasteiger partial charge on any atom is -0.462 e. The maximum absolute atomic E-state index is 13.2. The van der Waals surface area contributed by atoms with Gasteiger partial charge in [0.1, 0.15) is 10.8 Å². The second kappa shape index (κ2) is 10.8. The number of nitrogens with zero attached hydrogens (tertiary/aromatic N) is 2. The molecular weight excluding hydrogens is 448 g/mol. The van der Waals surface area contributed by atoms with E-state index in [4.69, 9.17) is 10.5 Å². The van der Waals surface area contributed by atoms with Crippen LogP contribution < -0.4 is 16.6 Å². The number of nitrogen functional groups attached to an aromatic ring is 1. The fourth-order valence-corrected chi connectivity index (χ4v) is 5.94. The molecule has 0 aromatic carbocycles. The number of hydrogen-bond acceptors (Lipinski definition) is 8. The Morgan fingerprint density at radius 1 is 1.41 bits per heavy atom. The van der Waals surface area contributed by atoms with E-state index >= 15 is 0 Å². The van der Waals surface area contributed by atoms with Gasteiger partial charge in [-0.3, -0.25) is 9.59 Å². The Morgan fingerprint density at radius 3 is 2.84 bits per heavy atom. The van der Waals surface area contributed by atoms with Crippen LogP contribution in [0.25, 0.3) is 0 Å². The van der Waals surface area contributed by atoms with Gasteiger partial charge in [-0.05, 0) is 44.6 Å². The van der Waals surface area contributed by atoms with E-state index in [2.05, 4.69) is 16.9 Å². The zero-order valence-electron chi connectivity index (χ0n) is 18.3. The number of rotatable bonds is 9. The first-order valence-corrected chi connectivity index (χ1v) is 12.4. The molecule has 3 rings (SSSR count). The van der Waals surface area contributed by atoms with Gasteiger partial charge in [0.15, 0.2) is 5.16 Å². The standard InChI is InChI=1S/C22H28N4O4S2/c1-4-11-26-16(23)12-17(27)24-22(26)32-14(5-2)19(28)25-20-18(21(29)30-6-3)13-9-7-8-10-15(13)31-20/h4,12,14H,1,5-11,23H2,2-3H3,(H,25,28)/t14-/m0/s1. The van der Waals surface area contributed by atoms with Gasteiger partial charge in [0.2, 0.25) is 5.91 Å².